The van der Waals surface area contributed by atoms with Gasteiger partial charge in [-0.05, 0) is 25.7 Å². The molecule has 0 saturated heterocycles. The Balaban J connectivity index is 2.64. The number of esters is 1. The van der Waals surface area contributed by atoms with E-state index >= 15 is 0 Å². The predicted octanol–water partition coefficient (Wildman–Crippen LogP) is 2.15. The van der Waals surface area contributed by atoms with Crippen molar-refractivity contribution in [1.82, 2.24) is 0 Å². The highest BCUT2D eigenvalue weighted by Gasteiger charge is 2.26. The molecule has 1 aliphatic carbocycles. The van der Waals surface area contributed by atoms with Crippen LogP contribution >= 0.6 is 0 Å². The SMILES string of the molecule is COC(=O)[C@@H]1CCC(C)=C[C@H]1C. The molecule has 0 saturated carbocycles. The molecule has 2 nitrogen and oxygen atoms in total. The molecule has 0 aromatic heterocycles. The summed E-state index contributed by atoms with van der Waals surface area (Å²) in [6.07, 6.45) is 4.14. The van der Waals surface area contributed by atoms with Crippen LogP contribution in [0.15, 0.2) is 11.6 Å². The Labute approximate surface area is 73.6 Å². The molecule has 0 unspecified atom stereocenters. The average molecular weight is 168 g/mol. The smallest absolute Gasteiger partial charge is 0.309 e. The van der Waals surface area contributed by atoms with Crippen LogP contribution in [-0.2, 0) is 9.53 Å². The number of allylic oxidation sites excluding steroid dienone is 2. The minimum Gasteiger partial charge on any atom is -0.469 e. The maximum absolute atomic E-state index is 11.2. The van der Waals surface area contributed by atoms with E-state index in [-0.39, 0.29) is 11.9 Å². The quantitative estimate of drug-likeness (QED) is 0.443. The van der Waals surface area contributed by atoms with Crippen molar-refractivity contribution in [1.29, 1.82) is 0 Å². The van der Waals surface area contributed by atoms with Crippen molar-refractivity contribution in [2.45, 2.75) is 26.7 Å². The van der Waals surface area contributed by atoms with Gasteiger partial charge in [0.25, 0.3) is 0 Å². The number of hydrogen-bond donors (Lipinski definition) is 0. The van der Waals surface area contributed by atoms with Crippen molar-refractivity contribution >= 4 is 5.97 Å². The van der Waals surface area contributed by atoms with Crippen LogP contribution in [0.1, 0.15) is 26.7 Å². The summed E-state index contributed by atoms with van der Waals surface area (Å²) in [5.41, 5.74) is 1.39. The number of carbonyl (C=O) groups is 1. The van der Waals surface area contributed by atoms with E-state index < -0.39 is 0 Å². The molecule has 0 fully saturated rings. The third kappa shape index (κ3) is 1.87. The summed E-state index contributed by atoms with van der Waals surface area (Å²) in [7, 11) is 1.46. The van der Waals surface area contributed by atoms with Crippen molar-refractivity contribution < 1.29 is 9.53 Å². The highest BCUT2D eigenvalue weighted by Crippen LogP contribution is 2.28. The summed E-state index contributed by atoms with van der Waals surface area (Å²) in [4.78, 5) is 11.2. The zero-order chi connectivity index (χ0) is 9.14. The van der Waals surface area contributed by atoms with E-state index in [1.54, 1.807) is 0 Å². The van der Waals surface area contributed by atoms with Crippen LogP contribution in [0.25, 0.3) is 0 Å². The van der Waals surface area contributed by atoms with Crippen molar-refractivity contribution in [3.63, 3.8) is 0 Å². The highest BCUT2D eigenvalue weighted by atomic mass is 16.5. The van der Waals surface area contributed by atoms with Crippen molar-refractivity contribution in [2.75, 3.05) is 7.11 Å². The maximum atomic E-state index is 11.2. The first kappa shape index (κ1) is 9.30. The molecular formula is C10H16O2. The van der Waals surface area contributed by atoms with Crippen molar-refractivity contribution in [3.8, 4) is 0 Å². The maximum Gasteiger partial charge on any atom is 0.309 e. The van der Waals surface area contributed by atoms with Crippen LogP contribution in [0.3, 0.4) is 0 Å². The van der Waals surface area contributed by atoms with E-state index in [2.05, 4.69) is 19.9 Å². The minimum absolute atomic E-state index is 0.0637. The number of carbonyl (C=O) groups excluding carboxylic acids is 1. The molecule has 0 heterocycles. The van der Waals surface area contributed by atoms with E-state index in [0.717, 1.165) is 12.8 Å². The molecule has 0 bridgehead atoms. The molecule has 0 radical (unpaired) electrons. The number of hydrogen-bond acceptors (Lipinski definition) is 2. The fraction of sp³-hybridized carbons (Fsp3) is 0.700. The largest absolute Gasteiger partial charge is 0.469 e. The van der Waals surface area contributed by atoms with Crippen LogP contribution in [0.5, 0.6) is 0 Å². The van der Waals surface area contributed by atoms with Gasteiger partial charge in [0.2, 0.25) is 0 Å². The van der Waals surface area contributed by atoms with Crippen LogP contribution in [-0.4, -0.2) is 13.1 Å². The summed E-state index contributed by atoms with van der Waals surface area (Å²) < 4.78 is 4.73. The van der Waals surface area contributed by atoms with Gasteiger partial charge >= 0.3 is 5.97 Å². The molecule has 0 N–H and O–H groups in total. The lowest BCUT2D eigenvalue weighted by atomic mass is 9.82. The van der Waals surface area contributed by atoms with Gasteiger partial charge in [0, 0.05) is 0 Å². The van der Waals surface area contributed by atoms with Gasteiger partial charge in [-0.15, -0.1) is 0 Å². The predicted molar refractivity (Wildman–Crippen MR) is 47.7 cm³/mol. The van der Waals surface area contributed by atoms with Crippen molar-refractivity contribution in [2.24, 2.45) is 11.8 Å². The van der Waals surface area contributed by atoms with Crippen LogP contribution in [0.2, 0.25) is 0 Å². The molecule has 1 rings (SSSR count). The Hall–Kier alpha value is -0.790. The molecule has 12 heavy (non-hydrogen) atoms. The molecule has 2 atom stereocenters. The normalized spacial score (nSPS) is 29.4. The monoisotopic (exact) mass is 168 g/mol. The Morgan fingerprint density at radius 3 is 2.83 bits per heavy atom. The van der Waals surface area contributed by atoms with Crippen LogP contribution in [0.4, 0.5) is 0 Å². The van der Waals surface area contributed by atoms with Gasteiger partial charge in [-0.1, -0.05) is 18.6 Å². The molecule has 0 aromatic rings. The molecule has 0 aromatic carbocycles. The van der Waals surface area contributed by atoms with Gasteiger partial charge in [-0.2, -0.15) is 0 Å². The van der Waals surface area contributed by atoms with E-state index in [1.807, 2.05) is 0 Å². The summed E-state index contributed by atoms with van der Waals surface area (Å²) in [5.74, 6) is 0.358. The fourth-order valence-electron chi connectivity index (χ4n) is 1.78. The van der Waals surface area contributed by atoms with Gasteiger partial charge in [0.1, 0.15) is 0 Å². The molecule has 68 valence electrons. The van der Waals surface area contributed by atoms with E-state index in [9.17, 15) is 4.79 Å². The number of methoxy groups -OCH3 is 1. The first-order valence-corrected chi connectivity index (χ1v) is 4.40. The van der Waals surface area contributed by atoms with Crippen molar-refractivity contribution in [3.05, 3.63) is 11.6 Å². The summed E-state index contributed by atoms with van der Waals surface area (Å²) in [6, 6.07) is 0. The van der Waals surface area contributed by atoms with Gasteiger partial charge < -0.3 is 4.74 Å². The fourth-order valence-corrected chi connectivity index (χ4v) is 1.78. The van der Waals surface area contributed by atoms with E-state index in [4.69, 9.17) is 4.74 Å². The van der Waals surface area contributed by atoms with Gasteiger partial charge in [-0.3, -0.25) is 4.79 Å². The minimum atomic E-state index is -0.0637. The van der Waals surface area contributed by atoms with Crippen LogP contribution in [0, 0.1) is 11.8 Å². The lowest BCUT2D eigenvalue weighted by Gasteiger charge is -2.24. The summed E-state index contributed by atoms with van der Waals surface area (Å²) in [6.45, 7) is 4.19. The second-order valence-corrected chi connectivity index (χ2v) is 3.54. The van der Waals surface area contributed by atoms with Gasteiger partial charge in [-0.25, -0.2) is 0 Å². The molecule has 2 heteroatoms. The van der Waals surface area contributed by atoms with E-state index in [0.29, 0.717) is 5.92 Å². The van der Waals surface area contributed by atoms with Gasteiger partial charge in [0.15, 0.2) is 0 Å². The summed E-state index contributed by atoms with van der Waals surface area (Å²) in [5, 5.41) is 0. The lowest BCUT2D eigenvalue weighted by molar-refractivity contribution is -0.147. The molecule has 0 aliphatic heterocycles. The Morgan fingerprint density at radius 1 is 1.67 bits per heavy atom. The molecular weight excluding hydrogens is 152 g/mol. The Bertz CT molecular complexity index is 206. The molecule has 0 spiro atoms. The zero-order valence-corrected chi connectivity index (χ0v) is 7.96. The first-order chi connectivity index (χ1) is 5.65. The third-order valence-corrected chi connectivity index (χ3v) is 2.54. The highest BCUT2D eigenvalue weighted by molar-refractivity contribution is 5.73. The molecule has 1 aliphatic rings. The second kappa shape index (κ2) is 3.74. The second-order valence-electron chi connectivity index (χ2n) is 3.54. The summed E-state index contributed by atoms with van der Waals surface area (Å²) >= 11 is 0. The molecule has 0 amide bonds. The topological polar surface area (TPSA) is 26.3 Å². The first-order valence-electron chi connectivity index (χ1n) is 4.40. The Kier molecular flexibility index (Phi) is 2.90. The third-order valence-electron chi connectivity index (χ3n) is 2.54. The van der Waals surface area contributed by atoms with E-state index in [1.165, 1.54) is 12.7 Å². The van der Waals surface area contributed by atoms with Gasteiger partial charge in [0.05, 0.1) is 13.0 Å². The standard InChI is InChI=1S/C10H16O2/c1-7-4-5-9(8(2)6-7)10(11)12-3/h6,8-9H,4-5H2,1-3H3/t8-,9-/m1/s1. The zero-order valence-electron chi connectivity index (χ0n) is 7.96. The lowest BCUT2D eigenvalue weighted by Crippen LogP contribution is -2.24. The van der Waals surface area contributed by atoms with Crippen LogP contribution < -0.4 is 0 Å². The number of rotatable bonds is 1. The number of ether oxygens (including phenoxy) is 1. The Morgan fingerprint density at radius 2 is 2.33 bits per heavy atom. The average Bonchev–Trinajstić information content (AvgIpc) is 2.03.